The van der Waals surface area contributed by atoms with Gasteiger partial charge in [0.2, 0.25) is 0 Å². The SMILES string of the molecule is Cc1ccc(SCC(C)C)c(C(C)N)c1. The zero-order chi connectivity index (χ0) is 11.4. The predicted octanol–water partition coefficient (Wildman–Crippen LogP) is 3.76. The van der Waals surface area contributed by atoms with Crippen LogP contribution < -0.4 is 5.73 Å². The molecule has 0 aliphatic rings. The molecule has 0 aromatic heterocycles. The van der Waals surface area contributed by atoms with Gasteiger partial charge in [0.1, 0.15) is 0 Å². The van der Waals surface area contributed by atoms with Crippen molar-refractivity contribution in [3.8, 4) is 0 Å². The van der Waals surface area contributed by atoms with E-state index in [0.717, 1.165) is 11.7 Å². The lowest BCUT2D eigenvalue weighted by Crippen LogP contribution is -2.07. The van der Waals surface area contributed by atoms with Crippen LogP contribution in [0.15, 0.2) is 23.1 Å². The monoisotopic (exact) mass is 223 g/mol. The molecule has 1 atom stereocenters. The minimum atomic E-state index is 0.125. The molecule has 2 heteroatoms. The molecule has 1 unspecified atom stereocenters. The van der Waals surface area contributed by atoms with Crippen LogP contribution in [0.25, 0.3) is 0 Å². The minimum absolute atomic E-state index is 0.125. The summed E-state index contributed by atoms with van der Waals surface area (Å²) in [4.78, 5) is 1.34. The Hall–Kier alpha value is -0.470. The highest BCUT2D eigenvalue weighted by Crippen LogP contribution is 2.28. The van der Waals surface area contributed by atoms with Crippen molar-refractivity contribution in [3.63, 3.8) is 0 Å². The van der Waals surface area contributed by atoms with Gasteiger partial charge < -0.3 is 5.73 Å². The van der Waals surface area contributed by atoms with Gasteiger partial charge in [0.15, 0.2) is 0 Å². The van der Waals surface area contributed by atoms with Crippen LogP contribution >= 0.6 is 11.8 Å². The summed E-state index contributed by atoms with van der Waals surface area (Å²) in [5, 5.41) is 0. The van der Waals surface area contributed by atoms with Crippen LogP contribution in [0, 0.1) is 12.8 Å². The summed E-state index contributed by atoms with van der Waals surface area (Å²) < 4.78 is 0. The maximum Gasteiger partial charge on any atom is 0.0277 e. The van der Waals surface area contributed by atoms with E-state index in [1.54, 1.807) is 0 Å². The van der Waals surface area contributed by atoms with E-state index in [2.05, 4.69) is 39.0 Å². The average Bonchev–Trinajstić information content (AvgIpc) is 2.15. The second kappa shape index (κ2) is 5.57. The number of rotatable bonds is 4. The molecule has 1 nitrogen and oxygen atoms in total. The molecule has 0 heterocycles. The second-order valence-electron chi connectivity index (χ2n) is 4.53. The number of thioether (sulfide) groups is 1. The molecule has 0 fully saturated rings. The zero-order valence-electron chi connectivity index (χ0n) is 10.1. The van der Waals surface area contributed by atoms with E-state index in [4.69, 9.17) is 5.73 Å². The first-order valence-electron chi connectivity index (χ1n) is 5.49. The van der Waals surface area contributed by atoms with Crippen molar-refractivity contribution in [2.24, 2.45) is 11.7 Å². The Labute approximate surface area is 97.4 Å². The molecule has 1 rings (SSSR count). The average molecular weight is 223 g/mol. The van der Waals surface area contributed by atoms with E-state index in [1.807, 2.05) is 18.7 Å². The Morgan fingerprint density at radius 1 is 1.27 bits per heavy atom. The first-order valence-corrected chi connectivity index (χ1v) is 6.48. The summed E-state index contributed by atoms with van der Waals surface area (Å²) in [5.74, 6) is 1.88. The fraction of sp³-hybridized carbons (Fsp3) is 0.538. The molecule has 0 spiro atoms. The molecule has 0 saturated heterocycles. The van der Waals surface area contributed by atoms with Crippen molar-refractivity contribution in [3.05, 3.63) is 29.3 Å². The molecule has 1 aromatic rings. The van der Waals surface area contributed by atoms with Gasteiger partial charge in [-0.1, -0.05) is 31.5 Å². The maximum atomic E-state index is 5.98. The summed E-state index contributed by atoms with van der Waals surface area (Å²) >= 11 is 1.91. The van der Waals surface area contributed by atoms with E-state index in [9.17, 15) is 0 Å². The number of benzene rings is 1. The lowest BCUT2D eigenvalue weighted by Gasteiger charge is -2.14. The highest BCUT2D eigenvalue weighted by Gasteiger charge is 2.08. The van der Waals surface area contributed by atoms with Gasteiger partial charge in [-0.05, 0) is 31.4 Å². The Balaban J connectivity index is 2.86. The van der Waals surface area contributed by atoms with Gasteiger partial charge >= 0.3 is 0 Å². The van der Waals surface area contributed by atoms with Gasteiger partial charge in [-0.2, -0.15) is 0 Å². The molecular formula is C13H21NS. The first-order chi connectivity index (χ1) is 7.00. The molecule has 0 saturated carbocycles. The first kappa shape index (κ1) is 12.6. The Kier molecular flexibility index (Phi) is 4.68. The summed E-state index contributed by atoms with van der Waals surface area (Å²) in [6.45, 7) is 8.65. The van der Waals surface area contributed by atoms with E-state index in [1.165, 1.54) is 16.0 Å². The Morgan fingerprint density at radius 2 is 1.93 bits per heavy atom. The van der Waals surface area contributed by atoms with E-state index in [0.29, 0.717) is 0 Å². The van der Waals surface area contributed by atoms with Crippen molar-refractivity contribution >= 4 is 11.8 Å². The third-order valence-electron chi connectivity index (χ3n) is 2.23. The fourth-order valence-electron chi connectivity index (χ4n) is 1.41. The van der Waals surface area contributed by atoms with Crippen molar-refractivity contribution in [2.75, 3.05) is 5.75 Å². The van der Waals surface area contributed by atoms with Crippen LogP contribution in [0.5, 0.6) is 0 Å². The molecule has 0 radical (unpaired) electrons. The summed E-state index contributed by atoms with van der Waals surface area (Å²) in [6.07, 6.45) is 0. The lowest BCUT2D eigenvalue weighted by molar-refractivity contribution is 0.748. The number of nitrogens with two attached hydrogens (primary N) is 1. The lowest BCUT2D eigenvalue weighted by atomic mass is 10.1. The number of hydrogen-bond acceptors (Lipinski definition) is 2. The van der Waals surface area contributed by atoms with Crippen LogP contribution in [0.2, 0.25) is 0 Å². The standard InChI is InChI=1S/C13H21NS/c1-9(2)8-15-13-6-5-10(3)7-12(13)11(4)14/h5-7,9,11H,8,14H2,1-4H3. The van der Waals surface area contributed by atoms with Crippen LogP contribution in [0.3, 0.4) is 0 Å². The van der Waals surface area contributed by atoms with Crippen LogP contribution in [-0.4, -0.2) is 5.75 Å². The minimum Gasteiger partial charge on any atom is -0.324 e. The van der Waals surface area contributed by atoms with E-state index in [-0.39, 0.29) is 6.04 Å². The maximum absolute atomic E-state index is 5.98. The predicted molar refractivity (Wildman–Crippen MR) is 69.3 cm³/mol. The third-order valence-corrected chi connectivity index (χ3v) is 3.74. The summed E-state index contributed by atoms with van der Waals surface area (Å²) in [7, 11) is 0. The molecule has 84 valence electrons. The largest absolute Gasteiger partial charge is 0.324 e. The fourth-order valence-corrected chi connectivity index (χ4v) is 2.50. The van der Waals surface area contributed by atoms with Crippen molar-refractivity contribution in [1.29, 1.82) is 0 Å². The van der Waals surface area contributed by atoms with Gasteiger partial charge in [-0.3, -0.25) is 0 Å². The molecule has 0 aliphatic carbocycles. The molecule has 0 aliphatic heterocycles. The van der Waals surface area contributed by atoms with Crippen molar-refractivity contribution in [1.82, 2.24) is 0 Å². The van der Waals surface area contributed by atoms with Gasteiger partial charge in [0.25, 0.3) is 0 Å². The second-order valence-corrected chi connectivity index (χ2v) is 5.60. The highest BCUT2D eigenvalue weighted by molar-refractivity contribution is 7.99. The van der Waals surface area contributed by atoms with Gasteiger partial charge in [-0.25, -0.2) is 0 Å². The number of aryl methyl sites for hydroxylation is 1. The van der Waals surface area contributed by atoms with Crippen molar-refractivity contribution < 1.29 is 0 Å². The topological polar surface area (TPSA) is 26.0 Å². The Morgan fingerprint density at radius 3 is 2.47 bits per heavy atom. The summed E-state index contributed by atoms with van der Waals surface area (Å²) in [5.41, 5.74) is 8.54. The molecule has 15 heavy (non-hydrogen) atoms. The number of hydrogen-bond donors (Lipinski definition) is 1. The molecular weight excluding hydrogens is 202 g/mol. The molecule has 2 N–H and O–H groups in total. The van der Waals surface area contributed by atoms with Crippen LogP contribution in [0.4, 0.5) is 0 Å². The smallest absolute Gasteiger partial charge is 0.0277 e. The molecule has 1 aromatic carbocycles. The molecule has 0 bridgehead atoms. The van der Waals surface area contributed by atoms with E-state index >= 15 is 0 Å². The van der Waals surface area contributed by atoms with Crippen molar-refractivity contribution in [2.45, 2.75) is 38.6 Å². The Bertz CT molecular complexity index is 318. The quantitative estimate of drug-likeness (QED) is 0.786. The van der Waals surface area contributed by atoms with E-state index < -0.39 is 0 Å². The van der Waals surface area contributed by atoms with Gasteiger partial charge in [0.05, 0.1) is 0 Å². The molecule has 0 amide bonds. The third kappa shape index (κ3) is 3.88. The van der Waals surface area contributed by atoms with Gasteiger partial charge in [0, 0.05) is 16.7 Å². The highest BCUT2D eigenvalue weighted by atomic mass is 32.2. The zero-order valence-corrected chi connectivity index (χ0v) is 10.9. The summed E-state index contributed by atoms with van der Waals surface area (Å²) in [6, 6.07) is 6.68. The van der Waals surface area contributed by atoms with Crippen LogP contribution in [-0.2, 0) is 0 Å². The normalized spacial score (nSPS) is 13.2. The van der Waals surface area contributed by atoms with Gasteiger partial charge in [-0.15, -0.1) is 11.8 Å². The van der Waals surface area contributed by atoms with Crippen LogP contribution in [0.1, 0.15) is 37.9 Å².